The van der Waals surface area contributed by atoms with E-state index in [1.807, 2.05) is 25.4 Å². The minimum Gasteiger partial charge on any atom is -0.378 e. The maximum atomic E-state index is 5.99. The van der Waals surface area contributed by atoms with Gasteiger partial charge >= 0.3 is 0 Å². The Balaban J connectivity index is 1.50. The number of nitrogens with one attached hydrogen (secondary N) is 2. The van der Waals surface area contributed by atoms with E-state index in [4.69, 9.17) is 4.74 Å². The lowest BCUT2D eigenvalue weighted by atomic mass is 9.60. The second-order valence-corrected chi connectivity index (χ2v) is 6.89. The van der Waals surface area contributed by atoms with E-state index in [1.165, 1.54) is 25.7 Å². The quantitative estimate of drug-likeness (QED) is 0.622. The van der Waals surface area contributed by atoms with Crippen LogP contribution in [0.1, 0.15) is 44.7 Å². The topological polar surface area (TPSA) is 58.5 Å². The van der Waals surface area contributed by atoms with Crippen LogP contribution < -0.4 is 10.6 Å². The van der Waals surface area contributed by atoms with E-state index in [0.29, 0.717) is 17.6 Å². The largest absolute Gasteiger partial charge is 0.378 e. The van der Waals surface area contributed by atoms with E-state index >= 15 is 0 Å². The van der Waals surface area contributed by atoms with Gasteiger partial charge in [-0.05, 0) is 38.3 Å². The second-order valence-electron chi connectivity index (χ2n) is 6.89. The normalized spacial score (nSPS) is 25.5. The van der Waals surface area contributed by atoms with Gasteiger partial charge in [-0.1, -0.05) is 18.9 Å². The van der Waals surface area contributed by atoms with Gasteiger partial charge in [0.05, 0.1) is 6.10 Å². The highest BCUT2D eigenvalue weighted by atomic mass is 16.5. The molecule has 132 valence electrons. The second kappa shape index (κ2) is 7.97. The molecule has 2 atom stereocenters. The first-order valence-corrected chi connectivity index (χ1v) is 9.27. The van der Waals surface area contributed by atoms with Crippen LogP contribution in [0.4, 0.5) is 0 Å². The Labute approximate surface area is 145 Å². The van der Waals surface area contributed by atoms with Crippen molar-refractivity contribution in [2.24, 2.45) is 10.4 Å². The summed E-state index contributed by atoms with van der Waals surface area (Å²) >= 11 is 0. The molecule has 5 heteroatoms. The molecule has 2 aliphatic carbocycles. The summed E-state index contributed by atoms with van der Waals surface area (Å²) in [5.74, 6) is 0.900. The predicted molar refractivity (Wildman–Crippen MR) is 97.2 cm³/mol. The lowest BCUT2D eigenvalue weighted by molar-refractivity contribution is -0.125. The van der Waals surface area contributed by atoms with Crippen LogP contribution in [0, 0.1) is 5.41 Å². The van der Waals surface area contributed by atoms with Gasteiger partial charge in [-0.25, -0.2) is 0 Å². The molecular weight excluding hydrogens is 300 g/mol. The molecule has 2 aliphatic rings. The van der Waals surface area contributed by atoms with Crippen molar-refractivity contribution in [1.82, 2.24) is 15.6 Å². The summed E-state index contributed by atoms with van der Waals surface area (Å²) in [6.07, 6.45) is 9.47. The van der Waals surface area contributed by atoms with Gasteiger partial charge in [-0.3, -0.25) is 9.98 Å². The van der Waals surface area contributed by atoms with Crippen LogP contribution in [-0.4, -0.2) is 43.3 Å². The fourth-order valence-corrected chi connectivity index (χ4v) is 4.30. The average Bonchev–Trinajstić information content (AvgIpc) is 3.13. The van der Waals surface area contributed by atoms with Crippen molar-refractivity contribution in [2.75, 3.05) is 20.2 Å². The van der Waals surface area contributed by atoms with Gasteiger partial charge < -0.3 is 15.4 Å². The molecule has 5 nitrogen and oxygen atoms in total. The van der Waals surface area contributed by atoms with Crippen molar-refractivity contribution in [1.29, 1.82) is 0 Å². The van der Waals surface area contributed by atoms with Gasteiger partial charge in [-0.2, -0.15) is 0 Å². The van der Waals surface area contributed by atoms with Crippen molar-refractivity contribution in [3.63, 3.8) is 0 Å². The van der Waals surface area contributed by atoms with Gasteiger partial charge in [0.15, 0.2) is 5.96 Å². The fraction of sp³-hybridized carbons (Fsp3) is 0.684. The Morgan fingerprint density at radius 2 is 2.21 bits per heavy atom. The lowest BCUT2D eigenvalue weighted by Crippen LogP contribution is -2.65. The zero-order valence-corrected chi connectivity index (χ0v) is 14.9. The van der Waals surface area contributed by atoms with Gasteiger partial charge in [0.25, 0.3) is 0 Å². The highest BCUT2D eigenvalue weighted by Crippen LogP contribution is 2.54. The maximum absolute atomic E-state index is 5.99. The number of pyridine rings is 1. The molecular formula is C19H30N4O. The Hall–Kier alpha value is -1.62. The lowest BCUT2D eigenvalue weighted by Gasteiger charge is -2.54. The van der Waals surface area contributed by atoms with Crippen LogP contribution in [0.15, 0.2) is 29.4 Å². The third-order valence-electron chi connectivity index (χ3n) is 5.62. The van der Waals surface area contributed by atoms with E-state index in [0.717, 1.165) is 37.6 Å². The summed E-state index contributed by atoms with van der Waals surface area (Å²) in [6, 6.07) is 6.52. The number of ether oxygens (including phenoxy) is 1. The summed E-state index contributed by atoms with van der Waals surface area (Å²) in [5.41, 5.74) is 1.43. The summed E-state index contributed by atoms with van der Waals surface area (Å²) in [7, 11) is 1.84. The fourth-order valence-electron chi connectivity index (χ4n) is 4.30. The van der Waals surface area contributed by atoms with Crippen molar-refractivity contribution in [2.45, 2.75) is 57.6 Å². The molecule has 0 bridgehead atoms. The Morgan fingerprint density at radius 1 is 1.38 bits per heavy atom. The van der Waals surface area contributed by atoms with Crippen LogP contribution in [0.2, 0.25) is 0 Å². The van der Waals surface area contributed by atoms with Crippen LogP contribution in [0.3, 0.4) is 0 Å². The van der Waals surface area contributed by atoms with Crippen LogP contribution in [0.25, 0.3) is 0 Å². The monoisotopic (exact) mass is 330 g/mol. The number of guanidine groups is 1. The Bertz CT molecular complexity index is 540. The zero-order valence-electron chi connectivity index (χ0n) is 14.9. The standard InChI is InChI=1S/C19H30N4O/c1-3-24-17-14-16(19(17)10-5-6-11-19)23-18(20-2)22-13-9-15-8-4-7-12-21-15/h4,7-8,12,16-17H,3,5-6,9-11,13-14H2,1-2H3,(H2,20,22,23). The molecule has 1 heterocycles. The molecule has 2 saturated carbocycles. The Morgan fingerprint density at radius 3 is 2.88 bits per heavy atom. The minimum absolute atomic E-state index is 0.328. The number of nitrogens with zero attached hydrogens (tertiary/aromatic N) is 2. The Kier molecular flexibility index (Phi) is 5.72. The van der Waals surface area contributed by atoms with Crippen molar-refractivity contribution in [3.05, 3.63) is 30.1 Å². The molecule has 3 rings (SSSR count). The van der Waals surface area contributed by atoms with Gasteiger partial charge in [0.2, 0.25) is 0 Å². The third kappa shape index (κ3) is 3.56. The summed E-state index contributed by atoms with van der Waals surface area (Å²) in [6.45, 7) is 3.75. The molecule has 0 aliphatic heterocycles. The van der Waals surface area contributed by atoms with E-state index in [2.05, 4.69) is 33.6 Å². The third-order valence-corrected chi connectivity index (χ3v) is 5.62. The number of rotatable bonds is 6. The summed E-state index contributed by atoms with van der Waals surface area (Å²) < 4.78 is 5.99. The average molecular weight is 330 g/mol. The molecule has 1 aromatic rings. The van der Waals surface area contributed by atoms with Gasteiger partial charge in [0, 0.05) is 50.0 Å². The highest BCUT2D eigenvalue weighted by Gasteiger charge is 2.56. The van der Waals surface area contributed by atoms with Crippen molar-refractivity contribution >= 4 is 5.96 Å². The molecule has 2 N–H and O–H groups in total. The molecule has 2 fully saturated rings. The number of aliphatic imine (C=N–C) groups is 1. The van der Waals surface area contributed by atoms with E-state index in [9.17, 15) is 0 Å². The molecule has 2 unspecified atom stereocenters. The SMILES string of the molecule is CCOC1CC(NC(=NC)NCCc2ccccn2)C12CCCC2. The van der Waals surface area contributed by atoms with Crippen molar-refractivity contribution < 1.29 is 4.74 Å². The van der Waals surface area contributed by atoms with Crippen LogP contribution in [0.5, 0.6) is 0 Å². The molecule has 0 aromatic carbocycles. The smallest absolute Gasteiger partial charge is 0.191 e. The molecule has 24 heavy (non-hydrogen) atoms. The summed E-state index contributed by atoms with van der Waals surface area (Å²) in [5, 5.41) is 7.08. The van der Waals surface area contributed by atoms with Crippen molar-refractivity contribution in [3.8, 4) is 0 Å². The van der Waals surface area contributed by atoms with E-state index < -0.39 is 0 Å². The van der Waals surface area contributed by atoms with E-state index in [1.54, 1.807) is 0 Å². The first kappa shape index (κ1) is 17.2. The van der Waals surface area contributed by atoms with E-state index in [-0.39, 0.29) is 0 Å². The first-order chi connectivity index (χ1) is 11.8. The number of hydrogen-bond acceptors (Lipinski definition) is 3. The van der Waals surface area contributed by atoms with Crippen LogP contribution in [-0.2, 0) is 11.2 Å². The van der Waals surface area contributed by atoms with Gasteiger partial charge in [-0.15, -0.1) is 0 Å². The molecule has 0 amide bonds. The molecule has 1 aromatic heterocycles. The number of hydrogen-bond donors (Lipinski definition) is 2. The molecule has 0 radical (unpaired) electrons. The predicted octanol–water partition coefficient (Wildman–Crippen LogP) is 2.53. The highest BCUT2D eigenvalue weighted by molar-refractivity contribution is 5.80. The minimum atomic E-state index is 0.328. The summed E-state index contributed by atoms with van der Waals surface area (Å²) in [4.78, 5) is 8.76. The zero-order chi connectivity index (χ0) is 16.8. The molecule has 0 saturated heterocycles. The molecule has 1 spiro atoms. The maximum Gasteiger partial charge on any atom is 0.191 e. The first-order valence-electron chi connectivity index (χ1n) is 9.27. The van der Waals surface area contributed by atoms with Gasteiger partial charge in [0.1, 0.15) is 0 Å². The van der Waals surface area contributed by atoms with Crippen LogP contribution >= 0.6 is 0 Å². The number of aromatic nitrogens is 1.